The van der Waals surface area contributed by atoms with Crippen LogP contribution in [-0.2, 0) is 4.74 Å². The monoisotopic (exact) mass is 295 g/mol. The highest BCUT2D eigenvalue weighted by atomic mass is 16.5. The van der Waals surface area contributed by atoms with E-state index in [-0.39, 0.29) is 5.60 Å². The molecule has 2 aliphatic carbocycles. The van der Waals surface area contributed by atoms with Gasteiger partial charge in [0.15, 0.2) is 0 Å². The van der Waals surface area contributed by atoms with Crippen molar-refractivity contribution in [3.63, 3.8) is 0 Å². The molecule has 0 amide bonds. The summed E-state index contributed by atoms with van der Waals surface area (Å²) >= 11 is 0. The van der Waals surface area contributed by atoms with E-state index < -0.39 is 0 Å². The van der Waals surface area contributed by atoms with Crippen LogP contribution in [0.4, 0.5) is 0 Å². The molecule has 2 heteroatoms. The molecule has 0 saturated heterocycles. The second kappa shape index (κ2) is 8.53. The van der Waals surface area contributed by atoms with Crippen LogP contribution in [0.25, 0.3) is 0 Å². The summed E-state index contributed by atoms with van der Waals surface area (Å²) in [5.74, 6) is 1.75. The van der Waals surface area contributed by atoms with Crippen molar-refractivity contribution >= 4 is 0 Å². The first-order valence-corrected chi connectivity index (χ1v) is 9.54. The van der Waals surface area contributed by atoms with Crippen LogP contribution in [0.2, 0.25) is 0 Å². The topological polar surface area (TPSA) is 21.3 Å². The van der Waals surface area contributed by atoms with Crippen LogP contribution in [0.1, 0.15) is 85.0 Å². The molecule has 124 valence electrons. The molecular weight excluding hydrogens is 258 g/mol. The maximum atomic E-state index is 6.73. The van der Waals surface area contributed by atoms with Gasteiger partial charge in [0.2, 0.25) is 0 Å². The van der Waals surface area contributed by atoms with Gasteiger partial charge in [0.25, 0.3) is 0 Å². The molecule has 2 nitrogen and oxygen atoms in total. The highest BCUT2D eigenvalue weighted by Gasteiger charge is 2.38. The zero-order valence-electron chi connectivity index (χ0n) is 14.6. The van der Waals surface area contributed by atoms with Crippen molar-refractivity contribution in [1.82, 2.24) is 5.32 Å². The summed E-state index contributed by atoms with van der Waals surface area (Å²) in [7, 11) is 0. The summed E-state index contributed by atoms with van der Waals surface area (Å²) in [6.07, 6.45) is 13.8. The Morgan fingerprint density at radius 3 is 2.29 bits per heavy atom. The Kier molecular flexibility index (Phi) is 7.01. The Labute approximate surface area is 132 Å². The lowest BCUT2D eigenvalue weighted by Gasteiger charge is -2.44. The van der Waals surface area contributed by atoms with Crippen LogP contribution >= 0.6 is 0 Å². The summed E-state index contributed by atoms with van der Waals surface area (Å²) in [4.78, 5) is 0. The molecule has 0 heterocycles. The van der Waals surface area contributed by atoms with E-state index in [1.165, 1.54) is 64.2 Å². The second-order valence-corrected chi connectivity index (χ2v) is 7.82. The Bertz CT molecular complexity index is 275. The van der Waals surface area contributed by atoms with Crippen LogP contribution in [0.3, 0.4) is 0 Å². The fourth-order valence-corrected chi connectivity index (χ4v) is 4.20. The van der Waals surface area contributed by atoms with Gasteiger partial charge in [-0.2, -0.15) is 0 Å². The largest absolute Gasteiger partial charge is 0.370 e. The van der Waals surface area contributed by atoms with Crippen molar-refractivity contribution < 1.29 is 4.74 Å². The van der Waals surface area contributed by atoms with E-state index in [9.17, 15) is 0 Å². The molecule has 1 N–H and O–H groups in total. The van der Waals surface area contributed by atoms with Gasteiger partial charge in [-0.05, 0) is 63.3 Å². The highest BCUT2D eigenvalue weighted by Crippen LogP contribution is 2.40. The van der Waals surface area contributed by atoms with Crippen molar-refractivity contribution in [3.8, 4) is 0 Å². The minimum absolute atomic E-state index is 0.141. The molecular formula is C19H37NO. The maximum absolute atomic E-state index is 6.73. The first kappa shape index (κ1) is 17.3. The Morgan fingerprint density at radius 1 is 1.05 bits per heavy atom. The van der Waals surface area contributed by atoms with Crippen LogP contribution in [-0.4, -0.2) is 24.8 Å². The van der Waals surface area contributed by atoms with Crippen molar-refractivity contribution in [2.45, 2.75) is 96.7 Å². The molecule has 0 aliphatic heterocycles. The lowest BCUT2D eigenvalue weighted by Crippen LogP contribution is -2.48. The smallest absolute Gasteiger partial charge is 0.0810 e. The fourth-order valence-electron chi connectivity index (χ4n) is 4.20. The summed E-state index contributed by atoms with van der Waals surface area (Å²) in [5.41, 5.74) is 0.141. The molecule has 0 radical (unpaired) electrons. The van der Waals surface area contributed by atoms with Gasteiger partial charge in [-0.1, -0.05) is 40.0 Å². The van der Waals surface area contributed by atoms with Crippen molar-refractivity contribution in [3.05, 3.63) is 0 Å². The Morgan fingerprint density at radius 2 is 1.71 bits per heavy atom. The first-order valence-electron chi connectivity index (χ1n) is 9.54. The van der Waals surface area contributed by atoms with E-state index in [1.807, 2.05) is 0 Å². The number of ether oxygens (including phenoxy) is 1. The van der Waals surface area contributed by atoms with E-state index in [4.69, 9.17) is 4.74 Å². The molecule has 0 bridgehead atoms. The lowest BCUT2D eigenvalue weighted by atomic mass is 9.74. The van der Waals surface area contributed by atoms with E-state index in [0.717, 1.165) is 24.9 Å². The fraction of sp³-hybridized carbons (Fsp3) is 1.00. The molecule has 0 aromatic carbocycles. The average Bonchev–Trinajstić information content (AvgIpc) is 2.49. The van der Waals surface area contributed by atoms with Crippen LogP contribution in [0.15, 0.2) is 0 Å². The van der Waals surface area contributed by atoms with Crippen LogP contribution in [0.5, 0.6) is 0 Å². The first-order chi connectivity index (χ1) is 10.2. The summed E-state index contributed by atoms with van der Waals surface area (Å²) in [5, 5.41) is 3.65. The molecule has 21 heavy (non-hydrogen) atoms. The standard InChI is InChI=1S/C19H37NO/c1-4-14-20-15-19(21-18-8-6-5-7-9-18)12-10-17(11-13-19)16(2)3/h16-18,20H,4-15H2,1-3H3. The summed E-state index contributed by atoms with van der Waals surface area (Å²) < 4.78 is 6.73. The second-order valence-electron chi connectivity index (χ2n) is 7.82. The van der Waals surface area contributed by atoms with Crippen molar-refractivity contribution in [2.24, 2.45) is 11.8 Å². The number of hydrogen-bond donors (Lipinski definition) is 1. The summed E-state index contributed by atoms with van der Waals surface area (Å²) in [6, 6.07) is 0. The molecule has 0 aromatic heterocycles. The van der Waals surface area contributed by atoms with Gasteiger partial charge in [-0.3, -0.25) is 0 Å². The molecule has 2 aliphatic rings. The van der Waals surface area contributed by atoms with Gasteiger partial charge in [-0.15, -0.1) is 0 Å². The average molecular weight is 296 g/mol. The molecule has 2 fully saturated rings. The van der Waals surface area contributed by atoms with Crippen molar-refractivity contribution in [1.29, 1.82) is 0 Å². The number of nitrogens with one attached hydrogen (secondary N) is 1. The van der Waals surface area contributed by atoms with Gasteiger partial charge in [0.05, 0.1) is 11.7 Å². The molecule has 0 aromatic rings. The lowest BCUT2D eigenvalue weighted by molar-refractivity contribution is -0.129. The van der Waals surface area contributed by atoms with Gasteiger partial charge >= 0.3 is 0 Å². The predicted octanol–water partition coefficient (Wildman–Crippen LogP) is 4.92. The Balaban J connectivity index is 1.90. The third kappa shape index (κ3) is 5.25. The maximum Gasteiger partial charge on any atom is 0.0810 e. The summed E-state index contributed by atoms with van der Waals surface area (Å²) in [6.45, 7) is 9.22. The predicted molar refractivity (Wildman–Crippen MR) is 90.6 cm³/mol. The van der Waals surface area contributed by atoms with Gasteiger partial charge in [-0.25, -0.2) is 0 Å². The number of hydrogen-bond acceptors (Lipinski definition) is 2. The molecule has 2 rings (SSSR count). The third-order valence-electron chi connectivity index (χ3n) is 5.73. The third-order valence-corrected chi connectivity index (χ3v) is 5.73. The highest BCUT2D eigenvalue weighted by molar-refractivity contribution is 4.91. The molecule has 0 spiro atoms. The van der Waals surface area contributed by atoms with E-state index >= 15 is 0 Å². The van der Waals surface area contributed by atoms with E-state index in [1.54, 1.807) is 0 Å². The zero-order chi connectivity index (χ0) is 15.1. The minimum atomic E-state index is 0.141. The minimum Gasteiger partial charge on any atom is -0.370 e. The molecule has 0 atom stereocenters. The quantitative estimate of drug-likeness (QED) is 0.673. The Hall–Kier alpha value is -0.0800. The van der Waals surface area contributed by atoms with E-state index in [0.29, 0.717) is 6.10 Å². The van der Waals surface area contributed by atoms with Crippen LogP contribution in [0, 0.1) is 11.8 Å². The van der Waals surface area contributed by atoms with Gasteiger partial charge in [0, 0.05) is 6.54 Å². The van der Waals surface area contributed by atoms with Gasteiger partial charge in [0.1, 0.15) is 0 Å². The zero-order valence-corrected chi connectivity index (χ0v) is 14.6. The number of rotatable bonds is 7. The van der Waals surface area contributed by atoms with Crippen LogP contribution < -0.4 is 5.32 Å². The van der Waals surface area contributed by atoms with E-state index in [2.05, 4.69) is 26.1 Å². The van der Waals surface area contributed by atoms with Gasteiger partial charge < -0.3 is 10.1 Å². The molecule has 0 unspecified atom stereocenters. The van der Waals surface area contributed by atoms with Crippen molar-refractivity contribution in [2.75, 3.05) is 13.1 Å². The SMILES string of the molecule is CCCNCC1(OC2CCCCC2)CCC(C(C)C)CC1. The normalized spacial score (nSPS) is 31.7. The molecule has 2 saturated carbocycles.